The molecule has 3 N–H and O–H groups in total. The number of nitrogens with two attached hydrogens (primary N) is 1. The minimum Gasteiger partial charge on any atom is -0.480 e. The summed E-state index contributed by atoms with van der Waals surface area (Å²) in [6.45, 7) is 0. The molecule has 0 aliphatic heterocycles. The van der Waals surface area contributed by atoms with Crippen molar-refractivity contribution in [2.45, 2.75) is 16.9 Å². The maximum Gasteiger partial charge on any atom is 0.320 e. The molecule has 0 unspecified atom stereocenters. The maximum atomic E-state index is 10.5. The van der Waals surface area contributed by atoms with Crippen molar-refractivity contribution in [3.05, 3.63) is 35.4 Å². The Balaban J connectivity index is 2.64. The molecule has 1 atom stereocenters. The molecule has 0 aliphatic carbocycles. The summed E-state index contributed by atoms with van der Waals surface area (Å²) in [4.78, 5) is 10.5. The Hall–Kier alpha value is -0.620. The Morgan fingerprint density at radius 2 is 1.86 bits per heavy atom. The lowest BCUT2D eigenvalue weighted by molar-refractivity contribution is -0.138. The molecular weight excluding hydrogens is 293 g/mol. The summed E-state index contributed by atoms with van der Waals surface area (Å²) >= 11 is 2.28. The fourth-order valence-corrected chi connectivity index (χ4v) is 1.61. The minimum absolute atomic E-state index is 0.386. The number of aliphatic carboxylic acids is 1. The molecule has 3 nitrogen and oxygen atoms in total. The summed E-state index contributed by atoms with van der Waals surface area (Å²) in [7, 11) is 0. The summed E-state index contributed by atoms with van der Waals surface area (Å²) in [6, 6.07) is 7.04. The van der Waals surface area contributed by atoms with E-state index in [2.05, 4.69) is 22.6 Å². The number of carboxylic acids is 1. The Labute approximate surface area is 96.4 Å². The van der Waals surface area contributed by atoms with Gasteiger partial charge < -0.3 is 10.8 Å². The number of carbonyl (C=O) groups is 1. The van der Waals surface area contributed by atoms with E-state index in [1.165, 1.54) is 5.56 Å². The van der Waals surface area contributed by atoms with Gasteiger partial charge in [0.25, 0.3) is 0 Å². The van der Waals surface area contributed by atoms with Crippen molar-refractivity contribution in [3.63, 3.8) is 0 Å². The maximum absolute atomic E-state index is 10.5. The molecule has 1 rings (SSSR count). The van der Waals surface area contributed by atoms with Gasteiger partial charge in [-0.25, -0.2) is 0 Å². The normalized spacial score (nSPS) is 12.4. The molecule has 0 heterocycles. The fourth-order valence-electron chi connectivity index (χ4n) is 1.11. The van der Waals surface area contributed by atoms with Crippen molar-refractivity contribution in [2.24, 2.45) is 5.73 Å². The highest BCUT2D eigenvalue weighted by atomic mass is 127. The number of rotatable bonds is 4. The number of alkyl halides is 1. The lowest BCUT2D eigenvalue weighted by atomic mass is 10.1. The van der Waals surface area contributed by atoms with Crippen LogP contribution in [0.5, 0.6) is 0 Å². The van der Waals surface area contributed by atoms with Crippen LogP contribution in [0.1, 0.15) is 11.1 Å². The fraction of sp³-hybridized carbons (Fsp3) is 0.300. The zero-order valence-electron chi connectivity index (χ0n) is 7.61. The minimum atomic E-state index is -0.956. The van der Waals surface area contributed by atoms with Crippen LogP contribution >= 0.6 is 22.6 Å². The molecule has 0 bridgehead atoms. The highest BCUT2D eigenvalue weighted by molar-refractivity contribution is 14.1. The number of halogens is 1. The van der Waals surface area contributed by atoms with Gasteiger partial charge >= 0.3 is 5.97 Å². The van der Waals surface area contributed by atoms with Gasteiger partial charge in [0.1, 0.15) is 6.04 Å². The third kappa shape index (κ3) is 3.26. The second-order valence-electron chi connectivity index (χ2n) is 3.10. The van der Waals surface area contributed by atoms with E-state index < -0.39 is 12.0 Å². The number of hydrogen-bond acceptors (Lipinski definition) is 2. The lowest BCUT2D eigenvalue weighted by Crippen LogP contribution is -2.32. The average Bonchev–Trinajstić information content (AvgIpc) is 2.19. The van der Waals surface area contributed by atoms with Crippen LogP contribution in [-0.4, -0.2) is 17.1 Å². The van der Waals surface area contributed by atoms with Crippen molar-refractivity contribution in [1.82, 2.24) is 0 Å². The topological polar surface area (TPSA) is 63.3 Å². The monoisotopic (exact) mass is 305 g/mol. The van der Waals surface area contributed by atoms with Gasteiger partial charge in [0.05, 0.1) is 0 Å². The van der Waals surface area contributed by atoms with Crippen molar-refractivity contribution in [2.75, 3.05) is 0 Å². The first kappa shape index (κ1) is 11.5. The van der Waals surface area contributed by atoms with Gasteiger partial charge in [0, 0.05) is 4.43 Å². The van der Waals surface area contributed by atoms with Crippen LogP contribution in [0.4, 0.5) is 0 Å². The highest BCUT2D eigenvalue weighted by Gasteiger charge is 2.11. The molecule has 0 fully saturated rings. The van der Waals surface area contributed by atoms with Crippen LogP contribution in [0.3, 0.4) is 0 Å². The van der Waals surface area contributed by atoms with Crippen LogP contribution in [0.2, 0.25) is 0 Å². The second kappa shape index (κ2) is 5.31. The van der Waals surface area contributed by atoms with E-state index >= 15 is 0 Å². The van der Waals surface area contributed by atoms with Crippen LogP contribution in [0.15, 0.2) is 24.3 Å². The number of hydrogen-bond donors (Lipinski definition) is 2. The predicted molar refractivity (Wildman–Crippen MR) is 63.5 cm³/mol. The van der Waals surface area contributed by atoms with Gasteiger partial charge in [0.15, 0.2) is 0 Å². The van der Waals surface area contributed by atoms with Crippen molar-refractivity contribution < 1.29 is 9.90 Å². The third-order valence-electron chi connectivity index (χ3n) is 1.95. The molecule has 0 aliphatic rings. The third-order valence-corrected chi connectivity index (χ3v) is 2.83. The molecule has 0 spiro atoms. The van der Waals surface area contributed by atoms with Crippen LogP contribution in [0, 0.1) is 0 Å². The molecule has 0 aromatic heterocycles. The van der Waals surface area contributed by atoms with Gasteiger partial charge in [-0.3, -0.25) is 4.79 Å². The summed E-state index contributed by atoms with van der Waals surface area (Å²) in [5, 5.41) is 8.62. The van der Waals surface area contributed by atoms with Gasteiger partial charge in [0.2, 0.25) is 0 Å². The molecule has 0 radical (unpaired) electrons. The van der Waals surface area contributed by atoms with E-state index in [9.17, 15) is 4.79 Å². The Morgan fingerprint density at radius 3 is 2.29 bits per heavy atom. The Morgan fingerprint density at radius 1 is 1.36 bits per heavy atom. The molecule has 14 heavy (non-hydrogen) atoms. The summed E-state index contributed by atoms with van der Waals surface area (Å²) < 4.78 is 0.961. The largest absolute Gasteiger partial charge is 0.480 e. The SMILES string of the molecule is N[C@@H](Cc1ccc(CI)cc1)C(=O)O. The van der Waals surface area contributed by atoms with E-state index in [0.29, 0.717) is 6.42 Å². The smallest absolute Gasteiger partial charge is 0.320 e. The Kier molecular flexibility index (Phi) is 4.34. The van der Waals surface area contributed by atoms with Crippen LogP contribution in [0.25, 0.3) is 0 Å². The molecule has 4 heteroatoms. The molecule has 0 saturated carbocycles. The average molecular weight is 305 g/mol. The van der Waals surface area contributed by atoms with Crippen LogP contribution < -0.4 is 5.73 Å². The van der Waals surface area contributed by atoms with Gasteiger partial charge in [-0.2, -0.15) is 0 Å². The zero-order valence-corrected chi connectivity index (χ0v) is 9.77. The number of carboxylic acid groups (broad SMARTS) is 1. The van der Waals surface area contributed by atoms with Gasteiger partial charge in [-0.15, -0.1) is 0 Å². The van der Waals surface area contributed by atoms with Gasteiger partial charge in [-0.1, -0.05) is 46.9 Å². The second-order valence-corrected chi connectivity index (χ2v) is 3.86. The molecule has 76 valence electrons. The summed E-state index contributed by atoms with van der Waals surface area (Å²) in [5.74, 6) is -0.956. The quantitative estimate of drug-likeness (QED) is 0.656. The van der Waals surface area contributed by atoms with Crippen LogP contribution in [-0.2, 0) is 15.6 Å². The van der Waals surface area contributed by atoms with Gasteiger partial charge in [-0.05, 0) is 17.5 Å². The lowest BCUT2D eigenvalue weighted by Gasteiger charge is -2.06. The standard InChI is InChI=1S/C10H12INO2/c11-6-8-3-1-7(2-4-8)5-9(12)10(13)14/h1-4,9H,5-6,12H2,(H,13,14)/t9-/m0/s1. The summed E-state index contributed by atoms with van der Waals surface area (Å²) in [5.41, 5.74) is 7.62. The molecule has 1 aromatic carbocycles. The summed E-state index contributed by atoms with van der Waals surface area (Å²) in [6.07, 6.45) is 0.386. The van der Waals surface area contributed by atoms with E-state index in [4.69, 9.17) is 10.8 Å². The number of benzene rings is 1. The molecular formula is C10H12INO2. The highest BCUT2D eigenvalue weighted by Crippen LogP contribution is 2.09. The van der Waals surface area contributed by atoms with E-state index in [1.807, 2.05) is 24.3 Å². The van der Waals surface area contributed by atoms with E-state index in [-0.39, 0.29) is 0 Å². The first-order valence-electron chi connectivity index (χ1n) is 4.25. The van der Waals surface area contributed by atoms with E-state index in [0.717, 1.165) is 9.99 Å². The molecule has 1 aromatic rings. The van der Waals surface area contributed by atoms with Crippen molar-refractivity contribution in [3.8, 4) is 0 Å². The zero-order chi connectivity index (χ0) is 10.6. The first-order chi connectivity index (χ1) is 6.63. The van der Waals surface area contributed by atoms with Crippen molar-refractivity contribution >= 4 is 28.6 Å². The van der Waals surface area contributed by atoms with Crippen molar-refractivity contribution in [1.29, 1.82) is 0 Å². The van der Waals surface area contributed by atoms with E-state index in [1.54, 1.807) is 0 Å². The molecule has 0 amide bonds. The Bertz CT molecular complexity index is 310. The first-order valence-corrected chi connectivity index (χ1v) is 5.78. The molecule has 0 saturated heterocycles. The predicted octanol–water partition coefficient (Wildman–Crippen LogP) is 1.58.